The summed E-state index contributed by atoms with van der Waals surface area (Å²) in [5.41, 5.74) is 1.09. The van der Waals surface area contributed by atoms with Crippen molar-refractivity contribution in [2.45, 2.75) is 55.1 Å². The van der Waals surface area contributed by atoms with Crippen LogP contribution in [0.3, 0.4) is 0 Å². The molecule has 1 aromatic rings. The summed E-state index contributed by atoms with van der Waals surface area (Å²) in [5, 5.41) is 2.82. The van der Waals surface area contributed by atoms with Gasteiger partial charge in [-0.15, -0.1) is 11.8 Å². The molecule has 1 fully saturated rings. The van der Waals surface area contributed by atoms with Crippen LogP contribution in [-0.4, -0.2) is 23.5 Å². The van der Waals surface area contributed by atoms with E-state index in [4.69, 9.17) is 0 Å². The van der Waals surface area contributed by atoms with Gasteiger partial charge in [0.05, 0.1) is 5.25 Å². The Labute approximate surface area is 136 Å². The maximum Gasteiger partial charge on any atom is 0.221 e. The van der Waals surface area contributed by atoms with Gasteiger partial charge in [-0.1, -0.05) is 37.5 Å². The Morgan fingerprint density at radius 2 is 1.95 bits per heavy atom. The highest BCUT2D eigenvalue weighted by atomic mass is 32.2. The minimum absolute atomic E-state index is 0.0239. The molecule has 1 unspecified atom stereocenters. The Morgan fingerprint density at radius 1 is 1.18 bits per heavy atom. The second-order valence-corrected chi connectivity index (χ2v) is 7.61. The lowest BCUT2D eigenvalue weighted by atomic mass is 9.89. The van der Waals surface area contributed by atoms with Crippen LogP contribution in [0.2, 0.25) is 0 Å². The molecular weight excluding hydrogens is 294 g/mol. The molecule has 1 aliphatic carbocycles. The van der Waals surface area contributed by atoms with Crippen molar-refractivity contribution in [3.05, 3.63) is 29.8 Å². The minimum Gasteiger partial charge on any atom is -0.356 e. The first-order chi connectivity index (χ1) is 10.7. The highest BCUT2D eigenvalue weighted by molar-refractivity contribution is 8.00. The first-order valence-electron chi connectivity index (χ1n) is 8.26. The number of Topliss-reactive ketones (excluding diaryl/α,β-unsaturated/α-hetero) is 1. The van der Waals surface area contributed by atoms with E-state index in [1.54, 1.807) is 11.8 Å². The van der Waals surface area contributed by atoms with E-state index in [1.807, 2.05) is 24.3 Å². The lowest BCUT2D eigenvalue weighted by molar-refractivity contribution is -0.125. The number of hydrogen-bond donors (Lipinski definition) is 1. The van der Waals surface area contributed by atoms with Crippen LogP contribution < -0.4 is 5.32 Å². The fraction of sp³-hybridized carbons (Fsp3) is 0.556. The molecule has 1 aliphatic heterocycles. The van der Waals surface area contributed by atoms with Crippen LogP contribution in [0, 0.1) is 5.92 Å². The van der Waals surface area contributed by atoms with E-state index in [9.17, 15) is 9.59 Å². The summed E-state index contributed by atoms with van der Waals surface area (Å²) in [6, 6.07) is 7.99. The molecule has 22 heavy (non-hydrogen) atoms. The van der Waals surface area contributed by atoms with Crippen molar-refractivity contribution in [3.8, 4) is 0 Å². The Kier molecular flexibility index (Phi) is 5.19. The van der Waals surface area contributed by atoms with E-state index < -0.39 is 0 Å². The average molecular weight is 317 g/mol. The first kappa shape index (κ1) is 15.6. The van der Waals surface area contributed by atoms with Crippen molar-refractivity contribution in [3.63, 3.8) is 0 Å². The van der Waals surface area contributed by atoms with Gasteiger partial charge in [0.1, 0.15) is 0 Å². The predicted octanol–water partition coefficient (Wildman–Crippen LogP) is 3.36. The topological polar surface area (TPSA) is 46.2 Å². The van der Waals surface area contributed by atoms with Crippen LogP contribution in [0.1, 0.15) is 44.1 Å². The zero-order chi connectivity index (χ0) is 15.4. The van der Waals surface area contributed by atoms with Gasteiger partial charge < -0.3 is 5.32 Å². The largest absolute Gasteiger partial charge is 0.356 e. The quantitative estimate of drug-likeness (QED) is 0.926. The number of ketones is 1. The van der Waals surface area contributed by atoms with Crippen LogP contribution in [0.4, 0.5) is 0 Å². The van der Waals surface area contributed by atoms with E-state index in [-0.39, 0.29) is 16.9 Å². The third kappa shape index (κ3) is 3.92. The van der Waals surface area contributed by atoms with Gasteiger partial charge in [0.15, 0.2) is 5.78 Å². The minimum atomic E-state index is -0.221. The molecule has 0 spiro atoms. The maximum absolute atomic E-state index is 12.2. The van der Waals surface area contributed by atoms with Gasteiger partial charge >= 0.3 is 0 Å². The number of nitrogens with one attached hydrogen (secondary N) is 1. The Hall–Kier alpha value is -1.29. The molecule has 2 aliphatic rings. The lowest BCUT2D eigenvalue weighted by Crippen LogP contribution is -2.35. The molecule has 1 aromatic carbocycles. The van der Waals surface area contributed by atoms with E-state index in [0.717, 1.165) is 17.0 Å². The molecular formula is C18H23NO2S. The van der Waals surface area contributed by atoms with Gasteiger partial charge in [0.25, 0.3) is 0 Å². The van der Waals surface area contributed by atoms with Crippen molar-refractivity contribution >= 4 is 23.5 Å². The van der Waals surface area contributed by atoms with Crippen LogP contribution in [0.15, 0.2) is 29.2 Å². The molecule has 4 heteroatoms. The summed E-state index contributed by atoms with van der Waals surface area (Å²) >= 11 is 1.54. The molecule has 1 N–H and O–H groups in total. The average Bonchev–Trinajstić information content (AvgIpc) is 2.55. The molecule has 1 saturated carbocycles. The van der Waals surface area contributed by atoms with E-state index in [1.165, 1.54) is 32.1 Å². The summed E-state index contributed by atoms with van der Waals surface area (Å²) in [6.45, 7) is 0.779. The van der Waals surface area contributed by atoms with E-state index >= 15 is 0 Å². The fourth-order valence-electron chi connectivity index (χ4n) is 3.33. The van der Waals surface area contributed by atoms with Crippen LogP contribution in [0.5, 0.6) is 0 Å². The Balaban J connectivity index is 1.50. The van der Waals surface area contributed by atoms with Crippen molar-refractivity contribution < 1.29 is 9.59 Å². The summed E-state index contributed by atoms with van der Waals surface area (Å²) in [4.78, 5) is 25.5. The van der Waals surface area contributed by atoms with E-state index in [0.29, 0.717) is 18.8 Å². The highest BCUT2D eigenvalue weighted by Crippen LogP contribution is 2.34. The van der Waals surface area contributed by atoms with Crippen molar-refractivity contribution in [1.82, 2.24) is 5.32 Å². The first-order valence-corrected chi connectivity index (χ1v) is 9.14. The molecule has 0 bridgehead atoms. The summed E-state index contributed by atoms with van der Waals surface area (Å²) in [6.07, 6.45) is 7.13. The van der Waals surface area contributed by atoms with Gasteiger partial charge in [-0.05, 0) is 30.4 Å². The zero-order valence-corrected chi connectivity index (χ0v) is 13.7. The highest BCUT2D eigenvalue weighted by Gasteiger charge is 2.28. The predicted molar refractivity (Wildman–Crippen MR) is 89.0 cm³/mol. The number of thioether (sulfide) groups is 1. The van der Waals surface area contributed by atoms with Gasteiger partial charge in [-0.2, -0.15) is 0 Å². The maximum atomic E-state index is 12.2. The summed E-state index contributed by atoms with van der Waals surface area (Å²) in [5.74, 6) is 0.834. The standard InChI is InChI=1S/C18H23NO2S/c20-15-10-14-8-4-5-9-16(14)22-17(15)11-18(21)19-12-13-6-2-1-3-7-13/h4-5,8-9,13,17H,1-3,6-7,10-12H2,(H,19,21). The smallest absolute Gasteiger partial charge is 0.221 e. The van der Waals surface area contributed by atoms with Crippen molar-refractivity contribution in [2.75, 3.05) is 6.54 Å². The third-order valence-electron chi connectivity index (χ3n) is 4.65. The number of carbonyl (C=O) groups excluding carboxylic acids is 2. The van der Waals surface area contributed by atoms with Crippen LogP contribution in [0.25, 0.3) is 0 Å². The molecule has 3 nitrogen and oxygen atoms in total. The molecule has 3 rings (SSSR count). The zero-order valence-electron chi connectivity index (χ0n) is 12.8. The molecule has 118 valence electrons. The Morgan fingerprint density at radius 3 is 2.77 bits per heavy atom. The van der Waals surface area contributed by atoms with Crippen LogP contribution in [-0.2, 0) is 16.0 Å². The number of rotatable bonds is 4. The van der Waals surface area contributed by atoms with Crippen molar-refractivity contribution in [1.29, 1.82) is 0 Å². The normalized spacial score (nSPS) is 22.2. The second kappa shape index (κ2) is 7.32. The number of hydrogen-bond acceptors (Lipinski definition) is 3. The molecule has 0 aromatic heterocycles. The molecule has 0 radical (unpaired) electrons. The van der Waals surface area contributed by atoms with Gasteiger partial charge in [-0.3, -0.25) is 9.59 Å². The number of fused-ring (bicyclic) bond motifs is 1. The van der Waals surface area contributed by atoms with Gasteiger partial charge in [0.2, 0.25) is 5.91 Å². The van der Waals surface area contributed by atoms with Gasteiger partial charge in [-0.25, -0.2) is 0 Å². The molecule has 1 atom stereocenters. The third-order valence-corrected chi connectivity index (χ3v) is 6.02. The van der Waals surface area contributed by atoms with Crippen molar-refractivity contribution in [2.24, 2.45) is 5.92 Å². The number of benzene rings is 1. The monoisotopic (exact) mass is 317 g/mol. The fourth-order valence-corrected chi connectivity index (χ4v) is 4.54. The number of amides is 1. The molecule has 1 heterocycles. The summed E-state index contributed by atoms with van der Waals surface area (Å²) in [7, 11) is 0. The number of carbonyl (C=O) groups is 2. The Bertz CT molecular complexity index is 552. The van der Waals surface area contributed by atoms with E-state index in [2.05, 4.69) is 5.32 Å². The molecule has 0 saturated heterocycles. The molecule has 1 amide bonds. The van der Waals surface area contributed by atoms with Gasteiger partial charge in [0, 0.05) is 24.3 Å². The van der Waals surface area contributed by atoms with Crippen LogP contribution >= 0.6 is 11.8 Å². The summed E-state index contributed by atoms with van der Waals surface area (Å²) < 4.78 is 0. The lowest BCUT2D eigenvalue weighted by Gasteiger charge is -2.24. The SMILES string of the molecule is O=C(CC1Sc2ccccc2CC1=O)NCC1CCCCC1. The second-order valence-electron chi connectivity index (χ2n) is 6.37.